The summed E-state index contributed by atoms with van der Waals surface area (Å²) in [6, 6.07) is 0. The number of halogens is 2. The molecule has 1 rings (SSSR count). The van der Waals surface area contributed by atoms with Gasteiger partial charge < -0.3 is 0 Å². The van der Waals surface area contributed by atoms with E-state index in [1.807, 2.05) is 0 Å². The van der Waals surface area contributed by atoms with Crippen molar-refractivity contribution in [1.82, 2.24) is 0 Å². The zero-order valence-electron chi connectivity index (χ0n) is 6.07. The summed E-state index contributed by atoms with van der Waals surface area (Å²) in [6.07, 6.45) is 2.65. The van der Waals surface area contributed by atoms with Crippen molar-refractivity contribution in [2.45, 2.75) is 25.7 Å². The summed E-state index contributed by atoms with van der Waals surface area (Å²) in [5, 5.41) is 0. The van der Waals surface area contributed by atoms with Crippen molar-refractivity contribution < 1.29 is 8.78 Å². The Morgan fingerprint density at radius 2 is 2.20 bits per heavy atom. The van der Waals surface area contributed by atoms with Crippen LogP contribution < -0.4 is 0 Å². The molecule has 1 aliphatic rings. The molecular formula is C8H10F2. The summed E-state index contributed by atoms with van der Waals surface area (Å²) >= 11 is 0. The molecule has 2 unspecified atom stereocenters. The third-order valence-electron chi connectivity index (χ3n) is 1.62. The Kier molecular flexibility index (Phi) is 1.63. The Labute approximate surface area is 59.2 Å². The summed E-state index contributed by atoms with van der Waals surface area (Å²) in [4.78, 5) is 0. The van der Waals surface area contributed by atoms with Crippen LogP contribution in [-0.4, -0.2) is 11.8 Å². The predicted molar refractivity (Wildman–Crippen MR) is 37.3 cm³/mol. The standard InChI is InChI=1S/C8H10F2/c1-6-3-4-8(2,10)7(9)5-6/h3-5,7H,1-2H3. The van der Waals surface area contributed by atoms with E-state index in [-0.39, 0.29) is 0 Å². The van der Waals surface area contributed by atoms with Gasteiger partial charge in [-0.2, -0.15) is 0 Å². The Morgan fingerprint density at radius 1 is 1.60 bits per heavy atom. The van der Waals surface area contributed by atoms with E-state index >= 15 is 0 Å². The highest BCUT2D eigenvalue weighted by Crippen LogP contribution is 2.26. The number of rotatable bonds is 0. The average Bonchev–Trinajstić information content (AvgIpc) is 1.81. The summed E-state index contributed by atoms with van der Waals surface area (Å²) in [5.74, 6) is 0. The Hall–Kier alpha value is -0.660. The Morgan fingerprint density at radius 3 is 2.60 bits per heavy atom. The maximum Gasteiger partial charge on any atom is 0.161 e. The van der Waals surface area contributed by atoms with Crippen molar-refractivity contribution >= 4 is 0 Å². The van der Waals surface area contributed by atoms with Crippen LogP contribution in [0.25, 0.3) is 0 Å². The highest BCUT2D eigenvalue weighted by atomic mass is 19.2. The maximum atomic E-state index is 12.9. The van der Waals surface area contributed by atoms with Gasteiger partial charge in [0, 0.05) is 0 Å². The minimum absolute atomic E-state index is 0.780. The molecule has 0 N–H and O–H groups in total. The first kappa shape index (κ1) is 7.45. The van der Waals surface area contributed by atoms with Gasteiger partial charge in [-0.15, -0.1) is 0 Å². The summed E-state index contributed by atoms with van der Waals surface area (Å²) < 4.78 is 25.6. The number of allylic oxidation sites excluding steroid dienone is 4. The van der Waals surface area contributed by atoms with Crippen LogP contribution in [0.5, 0.6) is 0 Å². The third kappa shape index (κ3) is 1.25. The van der Waals surface area contributed by atoms with Crippen molar-refractivity contribution in [2.24, 2.45) is 0 Å². The molecule has 0 saturated heterocycles. The Bertz CT molecular complexity index is 189. The van der Waals surface area contributed by atoms with Crippen molar-refractivity contribution in [1.29, 1.82) is 0 Å². The van der Waals surface area contributed by atoms with Gasteiger partial charge in [-0.1, -0.05) is 11.6 Å². The van der Waals surface area contributed by atoms with Crippen LogP contribution in [0.1, 0.15) is 13.8 Å². The van der Waals surface area contributed by atoms with Crippen LogP contribution >= 0.6 is 0 Å². The van der Waals surface area contributed by atoms with Gasteiger partial charge in [0.1, 0.15) is 0 Å². The molecule has 0 fully saturated rings. The van der Waals surface area contributed by atoms with Crippen molar-refractivity contribution in [3.05, 3.63) is 23.8 Å². The second-order valence-corrected chi connectivity index (χ2v) is 2.80. The molecule has 56 valence electrons. The highest BCUT2D eigenvalue weighted by Gasteiger charge is 2.31. The van der Waals surface area contributed by atoms with E-state index in [1.165, 1.54) is 19.1 Å². The van der Waals surface area contributed by atoms with Crippen LogP contribution in [0.15, 0.2) is 23.8 Å². The first-order valence-corrected chi connectivity index (χ1v) is 3.23. The minimum atomic E-state index is -1.81. The van der Waals surface area contributed by atoms with E-state index in [2.05, 4.69) is 0 Å². The number of hydrogen-bond acceptors (Lipinski definition) is 0. The van der Waals surface area contributed by atoms with Gasteiger partial charge in [0.05, 0.1) is 0 Å². The van der Waals surface area contributed by atoms with Crippen LogP contribution in [0.2, 0.25) is 0 Å². The molecule has 2 atom stereocenters. The monoisotopic (exact) mass is 144 g/mol. The topological polar surface area (TPSA) is 0 Å². The fourth-order valence-electron chi connectivity index (χ4n) is 0.836. The molecule has 0 nitrogen and oxygen atoms in total. The van der Waals surface area contributed by atoms with Gasteiger partial charge in [0.25, 0.3) is 0 Å². The molecule has 0 saturated carbocycles. The molecule has 10 heavy (non-hydrogen) atoms. The Balaban J connectivity index is 2.84. The fourth-order valence-corrected chi connectivity index (χ4v) is 0.836. The van der Waals surface area contributed by atoms with Gasteiger partial charge in [-0.25, -0.2) is 8.78 Å². The SMILES string of the molecule is CC1=CC(F)C(C)(F)C=C1. The molecule has 0 aliphatic heterocycles. The van der Waals surface area contributed by atoms with Crippen molar-refractivity contribution in [2.75, 3.05) is 0 Å². The summed E-state index contributed by atoms with van der Waals surface area (Å²) in [7, 11) is 0. The van der Waals surface area contributed by atoms with E-state index in [0.29, 0.717) is 0 Å². The summed E-state index contributed by atoms with van der Waals surface area (Å²) in [5.41, 5.74) is -1.03. The summed E-state index contributed by atoms with van der Waals surface area (Å²) in [6.45, 7) is 2.98. The van der Waals surface area contributed by atoms with Gasteiger partial charge in [0.15, 0.2) is 11.8 Å². The van der Waals surface area contributed by atoms with Crippen LogP contribution in [0.4, 0.5) is 8.78 Å². The normalized spacial score (nSPS) is 39.6. The zero-order valence-corrected chi connectivity index (χ0v) is 6.07. The minimum Gasteiger partial charge on any atom is -0.239 e. The lowest BCUT2D eigenvalue weighted by Gasteiger charge is -2.21. The van der Waals surface area contributed by atoms with E-state index in [9.17, 15) is 8.78 Å². The number of alkyl halides is 2. The van der Waals surface area contributed by atoms with Crippen LogP contribution in [0.3, 0.4) is 0 Å². The molecule has 1 aliphatic carbocycles. The second kappa shape index (κ2) is 2.19. The molecule has 0 bridgehead atoms. The highest BCUT2D eigenvalue weighted by molar-refractivity contribution is 5.28. The van der Waals surface area contributed by atoms with Gasteiger partial charge >= 0.3 is 0 Å². The molecule has 0 heterocycles. The largest absolute Gasteiger partial charge is 0.239 e. The van der Waals surface area contributed by atoms with Crippen LogP contribution in [0, 0.1) is 0 Å². The zero-order chi connectivity index (χ0) is 7.78. The lowest BCUT2D eigenvalue weighted by atomic mass is 9.94. The second-order valence-electron chi connectivity index (χ2n) is 2.80. The van der Waals surface area contributed by atoms with Gasteiger partial charge in [0.2, 0.25) is 0 Å². The number of hydrogen-bond donors (Lipinski definition) is 0. The molecule has 2 heteroatoms. The van der Waals surface area contributed by atoms with E-state index < -0.39 is 11.8 Å². The quantitative estimate of drug-likeness (QED) is 0.490. The first-order valence-electron chi connectivity index (χ1n) is 3.23. The van der Waals surface area contributed by atoms with Gasteiger partial charge in [-0.05, 0) is 26.0 Å². The van der Waals surface area contributed by atoms with Gasteiger partial charge in [-0.3, -0.25) is 0 Å². The van der Waals surface area contributed by atoms with E-state index in [0.717, 1.165) is 5.57 Å². The lowest BCUT2D eigenvalue weighted by molar-refractivity contribution is 0.144. The first-order chi connectivity index (χ1) is 4.52. The predicted octanol–water partition coefficient (Wildman–Crippen LogP) is 2.57. The fraction of sp³-hybridized carbons (Fsp3) is 0.500. The molecule has 0 spiro atoms. The lowest BCUT2D eigenvalue weighted by Crippen LogP contribution is -2.29. The van der Waals surface area contributed by atoms with Crippen LogP contribution in [-0.2, 0) is 0 Å². The van der Waals surface area contributed by atoms with Crippen molar-refractivity contribution in [3.63, 3.8) is 0 Å². The molecule has 0 aromatic rings. The van der Waals surface area contributed by atoms with E-state index in [4.69, 9.17) is 0 Å². The molecule has 0 amide bonds. The molecular weight excluding hydrogens is 134 g/mol. The van der Waals surface area contributed by atoms with E-state index in [1.54, 1.807) is 13.0 Å². The molecule has 0 radical (unpaired) electrons. The maximum absolute atomic E-state index is 12.9. The average molecular weight is 144 g/mol. The van der Waals surface area contributed by atoms with Crippen molar-refractivity contribution in [3.8, 4) is 0 Å². The molecule has 0 aromatic carbocycles. The smallest absolute Gasteiger partial charge is 0.161 e. The third-order valence-corrected chi connectivity index (χ3v) is 1.62. The molecule has 0 aromatic heterocycles.